The monoisotopic (exact) mass is 198 g/mol. The molecule has 0 radical (unpaired) electrons. The van der Waals surface area contributed by atoms with Gasteiger partial charge in [0.05, 0.1) is 6.42 Å². The average molecular weight is 198 g/mol. The third kappa shape index (κ3) is 3.87. The Morgan fingerprint density at radius 1 is 1.64 bits per heavy atom. The van der Waals surface area contributed by atoms with Crippen molar-refractivity contribution >= 4 is 11.7 Å². The summed E-state index contributed by atoms with van der Waals surface area (Å²) in [5, 5.41) is 7.17. The molecule has 0 aromatic heterocycles. The quantitative estimate of drug-likeness (QED) is 0.545. The molecule has 1 fully saturated rings. The van der Waals surface area contributed by atoms with Gasteiger partial charge < -0.3 is 15.0 Å². The molecule has 14 heavy (non-hydrogen) atoms. The number of esters is 1. The molecule has 1 atom stereocenters. The molecule has 1 rings (SSSR count). The first-order valence-corrected chi connectivity index (χ1v) is 5.00. The van der Waals surface area contributed by atoms with Gasteiger partial charge in [-0.15, -0.1) is 0 Å². The van der Waals surface area contributed by atoms with Crippen molar-refractivity contribution in [3.05, 3.63) is 0 Å². The lowest BCUT2D eigenvalue weighted by Crippen LogP contribution is -2.38. The highest BCUT2D eigenvalue weighted by molar-refractivity contribution is 5.95. The molecule has 0 aromatic rings. The predicted molar refractivity (Wildman–Crippen MR) is 54.6 cm³/mol. The standard InChI is InChI=1S/C10H18N2O2/c1-8(11)6-10(13)14-9-4-3-5-12(2)7-9/h9,11H,3-7H2,1-2H3/t9-/m1/s1. The summed E-state index contributed by atoms with van der Waals surface area (Å²) in [4.78, 5) is 13.4. The molecule has 0 amide bonds. The van der Waals surface area contributed by atoms with Gasteiger partial charge in [-0.1, -0.05) is 0 Å². The van der Waals surface area contributed by atoms with Crippen LogP contribution in [-0.4, -0.2) is 42.8 Å². The summed E-state index contributed by atoms with van der Waals surface area (Å²) in [6, 6.07) is 0. The highest BCUT2D eigenvalue weighted by Gasteiger charge is 2.20. The number of likely N-dealkylation sites (tertiary alicyclic amines) is 1. The van der Waals surface area contributed by atoms with Gasteiger partial charge in [0.25, 0.3) is 0 Å². The fourth-order valence-electron chi connectivity index (χ4n) is 1.66. The number of hydrogen-bond acceptors (Lipinski definition) is 4. The number of piperidine rings is 1. The van der Waals surface area contributed by atoms with Crippen LogP contribution in [0.15, 0.2) is 0 Å². The van der Waals surface area contributed by atoms with Gasteiger partial charge in [0.2, 0.25) is 0 Å². The van der Waals surface area contributed by atoms with Gasteiger partial charge in [-0.25, -0.2) is 0 Å². The zero-order valence-electron chi connectivity index (χ0n) is 8.88. The van der Waals surface area contributed by atoms with E-state index >= 15 is 0 Å². The van der Waals surface area contributed by atoms with E-state index in [4.69, 9.17) is 10.1 Å². The molecule has 80 valence electrons. The smallest absolute Gasteiger partial charge is 0.311 e. The Morgan fingerprint density at radius 2 is 2.36 bits per heavy atom. The van der Waals surface area contributed by atoms with E-state index in [1.807, 2.05) is 7.05 Å². The zero-order chi connectivity index (χ0) is 10.6. The molecule has 4 nitrogen and oxygen atoms in total. The normalized spacial score (nSPS) is 23.1. The van der Waals surface area contributed by atoms with E-state index in [0.29, 0.717) is 5.71 Å². The van der Waals surface area contributed by atoms with Crippen LogP contribution in [0, 0.1) is 5.41 Å². The molecule has 0 spiro atoms. The van der Waals surface area contributed by atoms with Crippen molar-refractivity contribution in [2.24, 2.45) is 0 Å². The second kappa shape index (κ2) is 5.10. The van der Waals surface area contributed by atoms with Crippen molar-refractivity contribution in [2.75, 3.05) is 20.1 Å². The highest BCUT2D eigenvalue weighted by atomic mass is 16.5. The minimum atomic E-state index is -0.266. The van der Waals surface area contributed by atoms with E-state index < -0.39 is 0 Å². The Kier molecular flexibility index (Phi) is 4.07. The van der Waals surface area contributed by atoms with E-state index in [0.717, 1.165) is 25.9 Å². The van der Waals surface area contributed by atoms with Crippen LogP contribution in [-0.2, 0) is 9.53 Å². The van der Waals surface area contributed by atoms with Crippen LogP contribution in [0.5, 0.6) is 0 Å². The van der Waals surface area contributed by atoms with Crippen LogP contribution in [0.3, 0.4) is 0 Å². The maximum atomic E-state index is 11.2. The average Bonchev–Trinajstić information content (AvgIpc) is 2.01. The summed E-state index contributed by atoms with van der Waals surface area (Å²) in [5.41, 5.74) is 0.360. The lowest BCUT2D eigenvalue weighted by molar-refractivity contribution is -0.149. The van der Waals surface area contributed by atoms with Crippen molar-refractivity contribution in [2.45, 2.75) is 32.3 Å². The van der Waals surface area contributed by atoms with E-state index in [-0.39, 0.29) is 18.5 Å². The summed E-state index contributed by atoms with van der Waals surface area (Å²) >= 11 is 0. The summed E-state index contributed by atoms with van der Waals surface area (Å²) in [6.45, 7) is 3.52. The van der Waals surface area contributed by atoms with Crippen LogP contribution in [0.1, 0.15) is 26.2 Å². The van der Waals surface area contributed by atoms with Gasteiger partial charge in [0.15, 0.2) is 0 Å². The first-order chi connectivity index (χ1) is 6.58. The first-order valence-electron chi connectivity index (χ1n) is 5.00. The SMILES string of the molecule is CC(=N)CC(=O)O[C@@H]1CCCN(C)C1. The van der Waals surface area contributed by atoms with Crippen LogP contribution in [0.2, 0.25) is 0 Å². The zero-order valence-corrected chi connectivity index (χ0v) is 8.88. The molecule has 1 aliphatic rings. The molecule has 1 saturated heterocycles. The Labute approximate surface area is 84.7 Å². The molecule has 0 unspecified atom stereocenters. The summed E-state index contributed by atoms with van der Waals surface area (Å²) in [7, 11) is 2.03. The lowest BCUT2D eigenvalue weighted by Gasteiger charge is -2.29. The second-order valence-electron chi connectivity index (χ2n) is 3.97. The molecule has 4 heteroatoms. The summed E-state index contributed by atoms with van der Waals surface area (Å²) < 4.78 is 5.25. The Hall–Kier alpha value is -0.900. The molecule has 1 aliphatic heterocycles. The minimum Gasteiger partial charge on any atom is -0.461 e. The molecule has 0 aliphatic carbocycles. The second-order valence-corrected chi connectivity index (χ2v) is 3.97. The van der Waals surface area contributed by atoms with Gasteiger partial charge in [-0.3, -0.25) is 4.79 Å². The van der Waals surface area contributed by atoms with Crippen molar-refractivity contribution in [3.63, 3.8) is 0 Å². The van der Waals surface area contributed by atoms with Crippen molar-refractivity contribution in [3.8, 4) is 0 Å². The maximum Gasteiger partial charge on any atom is 0.311 e. The number of carbonyl (C=O) groups excluding carboxylic acids is 1. The minimum absolute atomic E-state index is 0.0283. The Bertz CT molecular complexity index is 228. The molecular weight excluding hydrogens is 180 g/mol. The number of carbonyl (C=O) groups is 1. The molecular formula is C10H18N2O2. The Morgan fingerprint density at radius 3 is 2.93 bits per heavy atom. The summed E-state index contributed by atoms with van der Waals surface area (Å²) in [6.07, 6.45) is 2.19. The van der Waals surface area contributed by atoms with E-state index in [2.05, 4.69) is 4.90 Å². The summed E-state index contributed by atoms with van der Waals surface area (Å²) in [5.74, 6) is -0.266. The van der Waals surface area contributed by atoms with Crippen molar-refractivity contribution < 1.29 is 9.53 Å². The molecule has 0 saturated carbocycles. The molecule has 1 N–H and O–H groups in total. The number of likely N-dealkylation sites (N-methyl/N-ethyl adjacent to an activating group) is 1. The first kappa shape index (κ1) is 11.2. The van der Waals surface area contributed by atoms with E-state index in [9.17, 15) is 4.79 Å². The van der Waals surface area contributed by atoms with Crippen molar-refractivity contribution in [1.29, 1.82) is 5.41 Å². The lowest BCUT2D eigenvalue weighted by atomic mass is 10.1. The fourth-order valence-corrected chi connectivity index (χ4v) is 1.66. The molecule has 0 bridgehead atoms. The number of hydrogen-bond donors (Lipinski definition) is 1. The van der Waals surface area contributed by atoms with Crippen LogP contribution < -0.4 is 0 Å². The molecule has 1 heterocycles. The molecule has 0 aromatic carbocycles. The predicted octanol–water partition coefficient (Wildman–Crippen LogP) is 1.05. The topological polar surface area (TPSA) is 53.4 Å². The number of nitrogens with one attached hydrogen (secondary N) is 1. The third-order valence-corrected chi connectivity index (χ3v) is 2.29. The fraction of sp³-hybridized carbons (Fsp3) is 0.800. The number of rotatable bonds is 3. The maximum absolute atomic E-state index is 11.2. The number of nitrogens with zero attached hydrogens (tertiary/aromatic N) is 1. The van der Waals surface area contributed by atoms with Crippen LogP contribution in [0.25, 0.3) is 0 Å². The Balaban J connectivity index is 2.28. The number of ether oxygens (including phenoxy) is 1. The highest BCUT2D eigenvalue weighted by Crippen LogP contribution is 2.12. The van der Waals surface area contributed by atoms with Crippen molar-refractivity contribution in [1.82, 2.24) is 4.90 Å². The van der Waals surface area contributed by atoms with Gasteiger partial charge in [0, 0.05) is 12.3 Å². The van der Waals surface area contributed by atoms with Gasteiger partial charge in [0.1, 0.15) is 6.10 Å². The van der Waals surface area contributed by atoms with Crippen LogP contribution in [0.4, 0.5) is 0 Å². The largest absolute Gasteiger partial charge is 0.461 e. The van der Waals surface area contributed by atoms with Gasteiger partial charge in [-0.05, 0) is 33.4 Å². The van der Waals surface area contributed by atoms with E-state index in [1.54, 1.807) is 6.92 Å². The van der Waals surface area contributed by atoms with Gasteiger partial charge >= 0.3 is 5.97 Å². The van der Waals surface area contributed by atoms with Gasteiger partial charge in [-0.2, -0.15) is 0 Å². The third-order valence-electron chi connectivity index (χ3n) is 2.29. The van der Waals surface area contributed by atoms with E-state index in [1.165, 1.54) is 0 Å². The van der Waals surface area contributed by atoms with Crippen LogP contribution >= 0.6 is 0 Å².